The summed E-state index contributed by atoms with van der Waals surface area (Å²) in [5.41, 5.74) is 1.24. The summed E-state index contributed by atoms with van der Waals surface area (Å²) >= 11 is 3.38. The molecule has 0 saturated carbocycles. The summed E-state index contributed by atoms with van der Waals surface area (Å²) in [5.74, 6) is 0.213. The van der Waals surface area contributed by atoms with Crippen molar-refractivity contribution in [2.24, 2.45) is 0 Å². The Hall–Kier alpha value is -2.54. The lowest BCUT2D eigenvalue weighted by Gasteiger charge is -2.08. The van der Waals surface area contributed by atoms with Crippen molar-refractivity contribution in [1.82, 2.24) is 5.32 Å². The molecule has 1 heterocycles. The summed E-state index contributed by atoms with van der Waals surface area (Å²) in [4.78, 5) is 23.8. The number of amides is 1. The van der Waals surface area contributed by atoms with Crippen LogP contribution in [0.25, 0.3) is 0 Å². The molecule has 1 aliphatic heterocycles. The fraction of sp³-hybridized carbons (Fsp3) is 0.176. The zero-order valence-electron chi connectivity index (χ0n) is 12.6. The highest BCUT2D eigenvalue weighted by molar-refractivity contribution is 9.10. The predicted octanol–water partition coefficient (Wildman–Crippen LogP) is 2.65. The topological polar surface area (TPSA) is 73.9 Å². The number of hydrogen-bond donors (Lipinski definition) is 1. The Morgan fingerprint density at radius 1 is 1.12 bits per heavy atom. The first-order valence-corrected chi connectivity index (χ1v) is 7.99. The molecule has 0 radical (unpaired) electrons. The van der Waals surface area contributed by atoms with Gasteiger partial charge in [-0.15, -0.1) is 0 Å². The molecule has 2 aromatic carbocycles. The van der Waals surface area contributed by atoms with Gasteiger partial charge in [-0.25, -0.2) is 0 Å². The van der Waals surface area contributed by atoms with E-state index in [9.17, 15) is 9.59 Å². The molecular formula is C17H14BrNO5. The third-order valence-electron chi connectivity index (χ3n) is 3.37. The third kappa shape index (κ3) is 3.86. The minimum atomic E-state index is -0.514. The molecule has 7 heteroatoms. The van der Waals surface area contributed by atoms with Gasteiger partial charge in [0.1, 0.15) is 13.2 Å². The van der Waals surface area contributed by atoms with Gasteiger partial charge in [0.05, 0.1) is 0 Å². The van der Waals surface area contributed by atoms with Crippen molar-refractivity contribution >= 4 is 27.8 Å². The van der Waals surface area contributed by atoms with Gasteiger partial charge in [-0.3, -0.25) is 9.59 Å². The second-order valence-corrected chi connectivity index (χ2v) is 5.86. The normalized spacial score (nSPS) is 11.9. The summed E-state index contributed by atoms with van der Waals surface area (Å²) in [5, 5.41) is 2.52. The number of carbonyl (C=O) groups excluding carboxylic acids is 2. The number of hydrogen-bond acceptors (Lipinski definition) is 5. The molecule has 124 valence electrons. The van der Waals surface area contributed by atoms with E-state index in [1.807, 2.05) is 24.3 Å². The van der Waals surface area contributed by atoms with Crippen molar-refractivity contribution in [1.29, 1.82) is 0 Å². The summed E-state index contributed by atoms with van der Waals surface area (Å²) < 4.78 is 16.4. The maximum atomic E-state index is 12.1. The molecule has 0 bridgehead atoms. The number of carbonyl (C=O) groups is 2. The maximum Gasteiger partial charge on any atom is 0.325 e. The third-order valence-corrected chi connectivity index (χ3v) is 4.15. The highest BCUT2D eigenvalue weighted by Gasteiger charge is 2.16. The molecule has 1 N–H and O–H groups in total. The Morgan fingerprint density at radius 2 is 1.92 bits per heavy atom. The minimum Gasteiger partial charge on any atom is -0.459 e. The predicted molar refractivity (Wildman–Crippen MR) is 88.8 cm³/mol. The number of benzene rings is 2. The smallest absolute Gasteiger partial charge is 0.325 e. The second kappa shape index (κ2) is 7.35. The number of ether oxygens (including phenoxy) is 3. The van der Waals surface area contributed by atoms with Crippen LogP contribution >= 0.6 is 15.9 Å². The van der Waals surface area contributed by atoms with Gasteiger partial charge in [-0.05, 0) is 24.3 Å². The average Bonchev–Trinajstić information content (AvgIpc) is 3.06. The molecule has 0 aliphatic carbocycles. The summed E-state index contributed by atoms with van der Waals surface area (Å²) in [6, 6.07) is 12.3. The highest BCUT2D eigenvalue weighted by atomic mass is 79.9. The van der Waals surface area contributed by atoms with Crippen molar-refractivity contribution in [2.45, 2.75) is 6.61 Å². The molecule has 24 heavy (non-hydrogen) atoms. The zero-order valence-corrected chi connectivity index (χ0v) is 14.2. The molecule has 1 aliphatic rings. The molecule has 0 unspecified atom stereocenters. The SMILES string of the molecule is O=C(CNC(=O)c1ccc2c(c1)OCO2)OCc1ccccc1Br. The van der Waals surface area contributed by atoms with Crippen LogP contribution in [0.2, 0.25) is 0 Å². The number of rotatable bonds is 5. The van der Waals surface area contributed by atoms with E-state index in [0.717, 1.165) is 10.0 Å². The Morgan fingerprint density at radius 3 is 2.75 bits per heavy atom. The average molecular weight is 392 g/mol. The van der Waals surface area contributed by atoms with E-state index >= 15 is 0 Å². The van der Waals surface area contributed by atoms with Gasteiger partial charge in [0.2, 0.25) is 6.79 Å². The van der Waals surface area contributed by atoms with Crippen LogP contribution in [0, 0.1) is 0 Å². The molecule has 2 aromatic rings. The summed E-state index contributed by atoms with van der Waals surface area (Å²) in [6.07, 6.45) is 0. The van der Waals surface area contributed by atoms with Crippen LogP contribution in [0.5, 0.6) is 11.5 Å². The Labute approximate surface area is 146 Å². The summed E-state index contributed by atoms with van der Waals surface area (Å²) in [7, 11) is 0. The van der Waals surface area contributed by atoms with Gasteiger partial charge in [0.15, 0.2) is 11.5 Å². The molecule has 3 rings (SSSR count). The molecule has 0 aromatic heterocycles. The number of nitrogens with one attached hydrogen (secondary N) is 1. The first-order valence-electron chi connectivity index (χ1n) is 7.20. The number of halogens is 1. The highest BCUT2D eigenvalue weighted by Crippen LogP contribution is 2.32. The van der Waals surface area contributed by atoms with Crippen molar-refractivity contribution < 1.29 is 23.8 Å². The molecule has 0 saturated heterocycles. The largest absolute Gasteiger partial charge is 0.459 e. The van der Waals surface area contributed by atoms with Gasteiger partial charge >= 0.3 is 5.97 Å². The van der Waals surface area contributed by atoms with Crippen LogP contribution in [0.1, 0.15) is 15.9 Å². The zero-order chi connectivity index (χ0) is 16.9. The quantitative estimate of drug-likeness (QED) is 0.793. The van der Waals surface area contributed by atoms with Crippen LogP contribution < -0.4 is 14.8 Å². The lowest BCUT2D eigenvalue weighted by molar-refractivity contribution is -0.143. The number of fused-ring (bicyclic) bond motifs is 1. The monoisotopic (exact) mass is 391 g/mol. The maximum absolute atomic E-state index is 12.1. The van der Waals surface area contributed by atoms with Crippen molar-refractivity contribution in [3.63, 3.8) is 0 Å². The number of esters is 1. The van der Waals surface area contributed by atoms with E-state index < -0.39 is 5.97 Å². The first-order chi connectivity index (χ1) is 11.6. The molecular weight excluding hydrogens is 378 g/mol. The molecule has 0 spiro atoms. The van der Waals surface area contributed by atoms with E-state index in [1.165, 1.54) is 0 Å². The van der Waals surface area contributed by atoms with Gasteiger partial charge in [0.25, 0.3) is 5.91 Å². The van der Waals surface area contributed by atoms with E-state index in [4.69, 9.17) is 14.2 Å². The van der Waals surface area contributed by atoms with E-state index in [2.05, 4.69) is 21.2 Å². The lowest BCUT2D eigenvalue weighted by atomic mass is 10.2. The Balaban J connectivity index is 1.49. The molecule has 1 amide bonds. The molecule has 6 nitrogen and oxygen atoms in total. The van der Waals surface area contributed by atoms with Crippen molar-refractivity contribution in [3.05, 3.63) is 58.1 Å². The van der Waals surface area contributed by atoms with Crippen LogP contribution in [0.15, 0.2) is 46.9 Å². The van der Waals surface area contributed by atoms with E-state index in [0.29, 0.717) is 17.1 Å². The van der Waals surface area contributed by atoms with Crippen LogP contribution in [-0.2, 0) is 16.1 Å². The van der Waals surface area contributed by atoms with E-state index in [-0.39, 0.29) is 25.9 Å². The molecule has 0 fully saturated rings. The lowest BCUT2D eigenvalue weighted by Crippen LogP contribution is -2.30. The summed E-state index contributed by atoms with van der Waals surface area (Å²) in [6.45, 7) is 0.0691. The minimum absolute atomic E-state index is 0.139. The van der Waals surface area contributed by atoms with Gasteiger partial charge < -0.3 is 19.5 Å². The van der Waals surface area contributed by atoms with Gasteiger partial charge in [-0.2, -0.15) is 0 Å². The molecule has 0 atom stereocenters. The standard InChI is InChI=1S/C17H14BrNO5/c18-13-4-2-1-3-12(13)9-22-16(20)8-19-17(21)11-5-6-14-15(7-11)24-10-23-14/h1-7H,8-10H2,(H,19,21). The first kappa shape index (κ1) is 16.3. The van der Waals surface area contributed by atoms with Crippen LogP contribution in [-0.4, -0.2) is 25.2 Å². The van der Waals surface area contributed by atoms with Gasteiger partial charge in [0, 0.05) is 15.6 Å². The second-order valence-electron chi connectivity index (χ2n) is 5.00. The fourth-order valence-corrected chi connectivity index (χ4v) is 2.52. The van der Waals surface area contributed by atoms with Crippen LogP contribution in [0.4, 0.5) is 0 Å². The van der Waals surface area contributed by atoms with E-state index in [1.54, 1.807) is 18.2 Å². The van der Waals surface area contributed by atoms with Crippen LogP contribution in [0.3, 0.4) is 0 Å². The fourth-order valence-electron chi connectivity index (χ4n) is 2.12. The Kier molecular flexibility index (Phi) is 5.00. The Bertz CT molecular complexity index is 777. The van der Waals surface area contributed by atoms with Crippen molar-refractivity contribution in [2.75, 3.05) is 13.3 Å². The van der Waals surface area contributed by atoms with Crippen molar-refractivity contribution in [3.8, 4) is 11.5 Å². The van der Waals surface area contributed by atoms with Gasteiger partial charge in [-0.1, -0.05) is 34.1 Å².